The number of rotatable bonds is 5. The quantitative estimate of drug-likeness (QED) is 0.865. The number of nitrogens with one attached hydrogen (secondary N) is 1. The van der Waals surface area contributed by atoms with E-state index >= 15 is 0 Å². The molecule has 5 nitrogen and oxygen atoms in total. The summed E-state index contributed by atoms with van der Waals surface area (Å²) in [6, 6.07) is 5.36. The maximum Gasteiger partial charge on any atom is 0.356 e. The molecule has 6 heteroatoms. The van der Waals surface area contributed by atoms with Crippen molar-refractivity contribution < 1.29 is 9.90 Å². The van der Waals surface area contributed by atoms with Crippen LogP contribution in [0.25, 0.3) is 0 Å². The second kappa shape index (κ2) is 5.59. The second-order valence-electron chi connectivity index (χ2n) is 3.99. The average Bonchev–Trinajstić information content (AvgIpc) is 2.82. The van der Waals surface area contributed by atoms with Crippen LogP contribution in [-0.2, 0) is 6.42 Å². The van der Waals surface area contributed by atoms with Crippen LogP contribution in [0.2, 0.25) is 0 Å². The van der Waals surface area contributed by atoms with Gasteiger partial charge in [-0.2, -0.15) is 11.3 Å². The molecule has 2 rings (SSSR count). The number of carboxylic acid groups (broad SMARTS) is 1. The highest BCUT2D eigenvalue weighted by molar-refractivity contribution is 7.07. The van der Waals surface area contributed by atoms with E-state index in [1.807, 2.05) is 12.3 Å². The van der Waals surface area contributed by atoms with Crippen molar-refractivity contribution >= 4 is 23.1 Å². The first-order chi connectivity index (χ1) is 8.65. The van der Waals surface area contributed by atoms with Crippen molar-refractivity contribution in [3.8, 4) is 0 Å². The zero-order valence-corrected chi connectivity index (χ0v) is 10.6. The zero-order valence-electron chi connectivity index (χ0n) is 9.83. The fraction of sp³-hybridized carbons (Fsp3) is 0.250. The lowest BCUT2D eigenvalue weighted by molar-refractivity contribution is 0.0689. The minimum absolute atomic E-state index is 0.0500. The Labute approximate surface area is 109 Å². The predicted octanol–water partition coefficient (Wildman–Crippen LogP) is 2.28. The van der Waals surface area contributed by atoms with Gasteiger partial charge in [-0.05, 0) is 47.9 Å². The van der Waals surface area contributed by atoms with Crippen molar-refractivity contribution in [2.45, 2.75) is 19.4 Å². The Hall–Kier alpha value is -1.95. The monoisotopic (exact) mass is 263 g/mol. The summed E-state index contributed by atoms with van der Waals surface area (Å²) >= 11 is 1.67. The minimum atomic E-state index is -1.07. The molecule has 2 aromatic rings. The van der Waals surface area contributed by atoms with Crippen molar-refractivity contribution in [3.05, 3.63) is 40.2 Å². The van der Waals surface area contributed by atoms with E-state index in [0.717, 1.165) is 6.42 Å². The lowest BCUT2D eigenvalue weighted by Gasteiger charge is -2.13. The third kappa shape index (κ3) is 3.27. The van der Waals surface area contributed by atoms with Crippen molar-refractivity contribution in [1.82, 2.24) is 10.2 Å². The summed E-state index contributed by atoms with van der Waals surface area (Å²) < 4.78 is 0. The number of hydrogen-bond acceptors (Lipinski definition) is 5. The molecule has 0 aliphatic carbocycles. The molecule has 1 unspecified atom stereocenters. The van der Waals surface area contributed by atoms with Crippen LogP contribution >= 0.6 is 11.3 Å². The van der Waals surface area contributed by atoms with Crippen molar-refractivity contribution in [2.75, 3.05) is 5.32 Å². The van der Waals surface area contributed by atoms with Crippen LogP contribution in [0.15, 0.2) is 29.0 Å². The molecule has 0 spiro atoms. The van der Waals surface area contributed by atoms with E-state index in [4.69, 9.17) is 5.11 Å². The molecule has 0 aliphatic rings. The van der Waals surface area contributed by atoms with Crippen molar-refractivity contribution in [1.29, 1.82) is 0 Å². The SMILES string of the molecule is CC(Cc1ccsc1)Nc1ccc(C(=O)O)nn1. The maximum atomic E-state index is 10.6. The lowest BCUT2D eigenvalue weighted by atomic mass is 10.1. The molecule has 0 radical (unpaired) electrons. The van der Waals surface area contributed by atoms with Gasteiger partial charge in [-0.15, -0.1) is 10.2 Å². The lowest BCUT2D eigenvalue weighted by Crippen LogP contribution is -2.19. The van der Waals surface area contributed by atoms with E-state index in [9.17, 15) is 4.79 Å². The third-order valence-electron chi connectivity index (χ3n) is 2.40. The average molecular weight is 263 g/mol. The number of hydrogen-bond donors (Lipinski definition) is 2. The van der Waals surface area contributed by atoms with Gasteiger partial charge < -0.3 is 10.4 Å². The molecule has 0 saturated heterocycles. The third-order valence-corrected chi connectivity index (χ3v) is 3.13. The van der Waals surface area contributed by atoms with Crippen molar-refractivity contribution in [2.24, 2.45) is 0 Å². The molecule has 0 saturated carbocycles. The van der Waals surface area contributed by atoms with E-state index < -0.39 is 5.97 Å². The summed E-state index contributed by atoms with van der Waals surface area (Å²) in [5, 5.41) is 23.5. The Morgan fingerprint density at radius 2 is 2.28 bits per heavy atom. The first-order valence-corrected chi connectivity index (χ1v) is 6.44. The molecule has 2 aromatic heterocycles. The molecule has 0 aromatic carbocycles. The van der Waals surface area contributed by atoms with E-state index in [2.05, 4.69) is 27.0 Å². The van der Waals surface area contributed by atoms with Crippen LogP contribution < -0.4 is 5.32 Å². The van der Waals surface area contributed by atoms with Gasteiger partial charge in [-0.1, -0.05) is 0 Å². The molecule has 94 valence electrons. The Morgan fingerprint density at radius 3 is 2.83 bits per heavy atom. The van der Waals surface area contributed by atoms with E-state index in [1.54, 1.807) is 17.4 Å². The number of thiophene rings is 1. The highest BCUT2D eigenvalue weighted by Gasteiger charge is 2.08. The standard InChI is InChI=1S/C12H13N3O2S/c1-8(6-9-4-5-18-7-9)13-11-3-2-10(12(16)17)14-15-11/h2-5,7-8H,6H2,1H3,(H,13,15)(H,16,17). The first-order valence-electron chi connectivity index (χ1n) is 5.50. The minimum Gasteiger partial charge on any atom is -0.476 e. The summed E-state index contributed by atoms with van der Waals surface area (Å²) in [7, 11) is 0. The van der Waals surface area contributed by atoms with Gasteiger partial charge in [0.15, 0.2) is 5.69 Å². The molecule has 2 N–H and O–H groups in total. The fourth-order valence-corrected chi connectivity index (χ4v) is 2.27. The Kier molecular flexibility index (Phi) is 3.88. The predicted molar refractivity (Wildman–Crippen MR) is 70.1 cm³/mol. The maximum absolute atomic E-state index is 10.6. The first kappa shape index (κ1) is 12.5. The number of nitrogens with zero attached hydrogens (tertiary/aromatic N) is 2. The molecule has 0 aliphatic heterocycles. The van der Waals surface area contributed by atoms with Gasteiger partial charge in [0.05, 0.1) is 0 Å². The number of aromatic carboxylic acids is 1. The molecular weight excluding hydrogens is 250 g/mol. The number of anilines is 1. The van der Waals surface area contributed by atoms with Crippen molar-refractivity contribution in [3.63, 3.8) is 0 Å². The number of aromatic nitrogens is 2. The summed E-state index contributed by atoms with van der Waals surface area (Å²) in [6.45, 7) is 2.05. The highest BCUT2D eigenvalue weighted by atomic mass is 32.1. The Bertz CT molecular complexity index is 511. The molecule has 2 heterocycles. The summed E-state index contributed by atoms with van der Waals surface area (Å²) in [5.74, 6) is -0.483. The Morgan fingerprint density at radius 1 is 1.44 bits per heavy atom. The molecule has 18 heavy (non-hydrogen) atoms. The molecule has 0 fully saturated rings. The van der Waals surface area contributed by atoms with Gasteiger partial charge in [0.2, 0.25) is 0 Å². The number of carboxylic acids is 1. The number of carbonyl (C=O) groups is 1. The topological polar surface area (TPSA) is 75.1 Å². The highest BCUT2D eigenvalue weighted by Crippen LogP contribution is 2.11. The van der Waals surface area contributed by atoms with Gasteiger partial charge in [-0.25, -0.2) is 4.79 Å². The van der Waals surface area contributed by atoms with Crippen LogP contribution in [0.5, 0.6) is 0 Å². The van der Waals surface area contributed by atoms with E-state index in [0.29, 0.717) is 5.82 Å². The van der Waals surface area contributed by atoms with Crippen LogP contribution in [-0.4, -0.2) is 27.3 Å². The van der Waals surface area contributed by atoms with Gasteiger partial charge in [0.1, 0.15) is 5.82 Å². The molecular formula is C12H13N3O2S. The van der Waals surface area contributed by atoms with Gasteiger partial charge in [0, 0.05) is 6.04 Å². The summed E-state index contributed by atoms with van der Waals surface area (Å²) in [5.41, 5.74) is 1.22. The smallest absolute Gasteiger partial charge is 0.356 e. The van der Waals surface area contributed by atoms with Gasteiger partial charge in [0.25, 0.3) is 0 Å². The summed E-state index contributed by atoms with van der Waals surface area (Å²) in [4.78, 5) is 10.6. The molecule has 0 bridgehead atoms. The molecule has 1 atom stereocenters. The van der Waals surface area contributed by atoms with Crippen LogP contribution in [0, 0.1) is 0 Å². The van der Waals surface area contributed by atoms with E-state index in [1.165, 1.54) is 11.6 Å². The largest absolute Gasteiger partial charge is 0.476 e. The Balaban J connectivity index is 1.94. The fourth-order valence-electron chi connectivity index (χ4n) is 1.59. The zero-order chi connectivity index (χ0) is 13.0. The normalized spacial score (nSPS) is 12.1. The van der Waals surface area contributed by atoms with Gasteiger partial charge in [-0.3, -0.25) is 0 Å². The van der Waals surface area contributed by atoms with Crippen LogP contribution in [0.1, 0.15) is 23.0 Å². The van der Waals surface area contributed by atoms with E-state index in [-0.39, 0.29) is 11.7 Å². The molecule has 0 amide bonds. The van der Waals surface area contributed by atoms with Gasteiger partial charge >= 0.3 is 5.97 Å². The second-order valence-corrected chi connectivity index (χ2v) is 4.77. The summed E-state index contributed by atoms with van der Waals surface area (Å²) in [6.07, 6.45) is 0.895. The van der Waals surface area contributed by atoms with Crippen LogP contribution in [0.4, 0.5) is 5.82 Å². The van der Waals surface area contributed by atoms with Crippen LogP contribution in [0.3, 0.4) is 0 Å².